The maximum absolute atomic E-state index is 11.6. The molecule has 0 spiro atoms. The number of nitrogens with one attached hydrogen (secondary N) is 2. The summed E-state index contributed by atoms with van der Waals surface area (Å²) in [6, 6.07) is 14.2. The lowest BCUT2D eigenvalue weighted by Gasteiger charge is -2.19. The first kappa shape index (κ1) is 17.5. The van der Waals surface area contributed by atoms with E-state index in [1.54, 1.807) is 0 Å². The third kappa shape index (κ3) is 5.12. The molecule has 5 nitrogen and oxygen atoms in total. The van der Waals surface area contributed by atoms with Crippen LogP contribution in [0.5, 0.6) is 0 Å². The zero-order chi connectivity index (χ0) is 17.4. The fraction of sp³-hybridized carbons (Fsp3) is 0.263. The average Bonchev–Trinajstić information content (AvgIpc) is 2.59. The summed E-state index contributed by atoms with van der Waals surface area (Å²) in [4.78, 5) is 22.9. The summed E-state index contributed by atoms with van der Waals surface area (Å²) < 4.78 is 4.92. The number of carbonyl (C=O) groups excluding carboxylic acids is 2. The van der Waals surface area contributed by atoms with E-state index >= 15 is 0 Å². The molecule has 5 heteroatoms. The Labute approximate surface area is 141 Å². The van der Waals surface area contributed by atoms with Gasteiger partial charge in [0, 0.05) is 25.9 Å². The lowest BCUT2D eigenvalue weighted by atomic mass is 9.96. The molecular formula is C19H22N2O3. The molecule has 0 saturated heterocycles. The summed E-state index contributed by atoms with van der Waals surface area (Å²) in [6.45, 7) is 5.95. The van der Waals surface area contributed by atoms with Gasteiger partial charge in [0.05, 0.1) is 0 Å². The predicted octanol–water partition coefficient (Wildman–Crippen LogP) is 2.97. The fourth-order valence-electron chi connectivity index (χ4n) is 2.43. The Kier molecular flexibility index (Phi) is 6.37. The topological polar surface area (TPSA) is 67.4 Å². The lowest BCUT2D eigenvalue weighted by Crippen LogP contribution is -2.35. The SMILES string of the molecule is C=CCOC(=O)NCC(CNC(C)=O)c1ccc2ccccc2c1. The van der Waals surface area contributed by atoms with Crippen molar-refractivity contribution in [1.82, 2.24) is 10.6 Å². The van der Waals surface area contributed by atoms with Crippen LogP contribution in [0, 0.1) is 0 Å². The minimum absolute atomic E-state index is 0.0465. The Balaban J connectivity index is 2.12. The van der Waals surface area contributed by atoms with Crippen molar-refractivity contribution in [2.45, 2.75) is 12.8 Å². The van der Waals surface area contributed by atoms with Crippen LogP contribution in [0.15, 0.2) is 55.1 Å². The van der Waals surface area contributed by atoms with Crippen molar-refractivity contribution in [3.05, 3.63) is 60.7 Å². The van der Waals surface area contributed by atoms with E-state index in [4.69, 9.17) is 4.74 Å². The van der Waals surface area contributed by atoms with Crippen LogP contribution in [-0.2, 0) is 9.53 Å². The van der Waals surface area contributed by atoms with Gasteiger partial charge in [-0.25, -0.2) is 4.79 Å². The molecule has 0 aliphatic rings. The van der Waals surface area contributed by atoms with Crippen LogP contribution in [0.1, 0.15) is 18.4 Å². The van der Waals surface area contributed by atoms with E-state index < -0.39 is 6.09 Å². The van der Waals surface area contributed by atoms with Gasteiger partial charge in [0.25, 0.3) is 0 Å². The summed E-state index contributed by atoms with van der Waals surface area (Å²) in [5.74, 6) is -0.148. The standard InChI is InChI=1S/C19H22N2O3/c1-3-10-24-19(23)21-13-18(12-20-14(2)22)17-9-8-15-6-4-5-7-16(15)11-17/h3-9,11,18H,1,10,12-13H2,2H3,(H,20,22)(H,21,23). The molecule has 2 N–H and O–H groups in total. The van der Waals surface area contributed by atoms with Gasteiger partial charge in [0.1, 0.15) is 6.61 Å². The monoisotopic (exact) mass is 326 g/mol. The first-order chi connectivity index (χ1) is 11.6. The van der Waals surface area contributed by atoms with E-state index in [1.807, 2.05) is 36.4 Å². The van der Waals surface area contributed by atoms with Gasteiger partial charge in [-0.15, -0.1) is 0 Å². The summed E-state index contributed by atoms with van der Waals surface area (Å²) in [7, 11) is 0. The Bertz CT molecular complexity index is 727. The maximum atomic E-state index is 11.6. The molecule has 0 heterocycles. The number of ether oxygens (including phenoxy) is 1. The second-order valence-electron chi connectivity index (χ2n) is 5.51. The largest absolute Gasteiger partial charge is 0.445 e. The molecule has 0 aromatic heterocycles. The molecule has 0 saturated carbocycles. The highest BCUT2D eigenvalue weighted by Gasteiger charge is 2.14. The molecule has 2 amide bonds. The van der Waals surface area contributed by atoms with Crippen LogP contribution in [0.4, 0.5) is 4.79 Å². The summed E-state index contributed by atoms with van der Waals surface area (Å²) in [5, 5.41) is 7.81. The molecule has 1 atom stereocenters. The van der Waals surface area contributed by atoms with Gasteiger partial charge in [-0.05, 0) is 16.3 Å². The average molecular weight is 326 g/mol. The van der Waals surface area contributed by atoms with Crippen molar-refractivity contribution >= 4 is 22.8 Å². The molecule has 24 heavy (non-hydrogen) atoms. The number of rotatable bonds is 7. The van der Waals surface area contributed by atoms with Crippen LogP contribution >= 0.6 is 0 Å². The molecule has 1 unspecified atom stereocenters. The molecule has 0 radical (unpaired) electrons. The highest BCUT2D eigenvalue weighted by molar-refractivity contribution is 5.83. The molecular weight excluding hydrogens is 304 g/mol. The second kappa shape index (κ2) is 8.72. The lowest BCUT2D eigenvalue weighted by molar-refractivity contribution is -0.119. The van der Waals surface area contributed by atoms with Crippen LogP contribution in [-0.4, -0.2) is 31.7 Å². The van der Waals surface area contributed by atoms with Crippen LogP contribution < -0.4 is 10.6 Å². The Morgan fingerprint density at radius 2 is 1.83 bits per heavy atom. The highest BCUT2D eigenvalue weighted by atomic mass is 16.5. The van der Waals surface area contributed by atoms with Gasteiger partial charge >= 0.3 is 6.09 Å². The number of amides is 2. The molecule has 0 fully saturated rings. The van der Waals surface area contributed by atoms with Gasteiger partial charge in [-0.2, -0.15) is 0 Å². The number of hydrogen-bond donors (Lipinski definition) is 2. The fourth-order valence-corrected chi connectivity index (χ4v) is 2.43. The third-order valence-electron chi connectivity index (χ3n) is 3.67. The quantitative estimate of drug-likeness (QED) is 0.769. The van der Waals surface area contributed by atoms with Crippen LogP contribution in [0.25, 0.3) is 10.8 Å². The van der Waals surface area contributed by atoms with Crippen molar-refractivity contribution in [1.29, 1.82) is 0 Å². The molecule has 126 valence electrons. The number of benzene rings is 2. The van der Waals surface area contributed by atoms with Crippen molar-refractivity contribution in [3.8, 4) is 0 Å². The Hall–Kier alpha value is -2.82. The van der Waals surface area contributed by atoms with E-state index in [0.717, 1.165) is 16.3 Å². The number of fused-ring (bicyclic) bond motifs is 1. The first-order valence-electron chi connectivity index (χ1n) is 7.85. The van der Waals surface area contributed by atoms with Crippen molar-refractivity contribution in [2.75, 3.05) is 19.7 Å². The minimum atomic E-state index is -0.497. The van der Waals surface area contributed by atoms with Gasteiger partial charge in [0.2, 0.25) is 5.91 Å². The smallest absolute Gasteiger partial charge is 0.407 e. The van der Waals surface area contributed by atoms with Crippen molar-refractivity contribution < 1.29 is 14.3 Å². The third-order valence-corrected chi connectivity index (χ3v) is 3.67. The van der Waals surface area contributed by atoms with E-state index in [1.165, 1.54) is 13.0 Å². The molecule has 2 aromatic carbocycles. The maximum Gasteiger partial charge on any atom is 0.407 e. The molecule has 0 aliphatic carbocycles. The van der Waals surface area contributed by atoms with Gasteiger partial charge in [-0.3, -0.25) is 4.79 Å². The summed E-state index contributed by atoms with van der Waals surface area (Å²) in [6.07, 6.45) is 1.01. The molecule has 0 bridgehead atoms. The normalized spacial score (nSPS) is 11.5. The molecule has 2 aromatic rings. The summed E-state index contributed by atoms with van der Waals surface area (Å²) >= 11 is 0. The first-order valence-corrected chi connectivity index (χ1v) is 7.85. The number of alkyl carbamates (subject to hydrolysis) is 1. The Morgan fingerprint density at radius 1 is 1.12 bits per heavy atom. The highest BCUT2D eigenvalue weighted by Crippen LogP contribution is 2.21. The summed E-state index contributed by atoms with van der Waals surface area (Å²) in [5.41, 5.74) is 1.05. The Morgan fingerprint density at radius 3 is 2.54 bits per heavy atom. The van der Waals surface area contributed by atoms with Gasteiger partial charge < -0.3 is 15.4 Å². The molecule has 2 rings (SSSR count). The number of hydrogen-bond acceptors (Lipinski definition) is 3. The van der Waals surface area contributed by atoms with Gasteiger partial charge in [0.15, 0.2) is 0 Å². The zero-order valence-corrected chi connectivity index (χ0v) is 13.7. The van der Waals surface area contributed by atoms with E-state index in [0.29, 0.717) is 13.1 Å². The van der Waals surface area contributed by atoms with Gasteiger partial charge in [-0.1, -0.05) is 55.1 Å². The van der Waals surface area contributed by atoms with Crippen LogP contribution in [0.3, 0.4) is 0 Å². The predicted molar refractivity (Wildman–Crippen MR) is 94.9 cm³/mol. The van der Waals surface area contributed by atoms with Crippen molar-refractivity contribution in [2.24, 2.45) is 0 Å². The van der Waals surface area contributed by atoms with Crippen molar-refractivity contribution in [3.63, 3.8) is 0 Å². The van der Waals surface area contributed by atoms with E-state index in [-0.39, 0.29) is 18.4 Å². The van der Waals surface area contributed by atoms with E-state index in [9.17, 15) is 9.59 Å². The zero-order valence-electron chi connectivity index (χ0n) is 13.7. The minimum Gasteiger partial charge on any atom is -0.445 e. The second-order valence-corrected chi connectivity index (χ2v) is 5.51. The van der Waals surface area contributed by atoms with E-state index in [2.05, 4.69) is 23.3 Å². The van der Waals surface area contributed by atoms with Crippen LogP contribution in [0.2, 0.25) is 0 Å². The number of carbonyl (C=O) groups is 2. The molecule has 0 aliphatic heterocycles.